The molecule has 0 radical (unpaired) electrons. The summed E-state index contributed by atoms with van der Waals surface area (Å²) in [6, 6.07) is -0.540. The van der Waals surface area contributed by atoms with E-state index in [1.165, 1.54) is 289 Å². The molecule has 3 N–H and O–H groups in total. The number of aliphatic hydroxyl groups is 2. The van der Waals surface area contributed by atoms with Gasteiger partial charge < -0.3 is 20.3 Å². The lowest BCUT2D eigenvalue weighted by Crippen LogP contribution is -2.45. The molecule has 0 aliphatic heterocycles. The smallest absolute Gasteiger partial charge is 0.305 e. The molecular formula is C64H125NO5. The zero-order chi connectivity index (χ0) is 50.7. The van der Waals surface area contributed by atoms with Crippen molar-refractivity contribution in [2.75, 3.05) is 13.2 Å². The quantitative estimate of drug-likeness (QED) is 0.0321. The van der Waals surface area contributed by atoms with Crippen molar-refractivity contribution in [3.63, 3.8) is 0 Å². The first kappa shape index (κ1) is 68.6. The predicted molar refractivity (Wildman–Crippen MR) is 306 cm³/mol. The average molecular weight is 989 g/mol. The second-order valence-electron chi connectivity index (χ2n) is 22.1. The van der Waals surface area contributed by atoms with E-state index < -0.39 is 12.1 Å². The van der Waals surface area contributed by atoms with Crippen molar-refractivity contribution in [3.05, 3.63) is 12.2 Å². The van der Waals surface area contributed by atoms with Gasteiger partial charge in [-0.25, -0.2) is 0 Å². The minimum absolute atomic E-state index is 0.0161. The Bertz CT molecular complexity index is 1050. The van der Waals surface area contributed by atoms with Crippen molar-refractivity contribution in [2.24, 2.45) is 0 Å². The second kappa shape index (κ2) is 60.2. The van der Waals surface area contributed by atoms with Gasteiger partial charge in [0.1, 0.15) is 0 Å². The van der Waals surface area contributed by atoms with Crippen molar-refractivity contribution in [2.45, 2.75) is 373 Å². The van der Waals surface area contributed by atoms with E-state index in [1.54, 1.807) is 0 Å². The minimum atomic E-state index is -0.663. The molecule has 2 unspecified atom stereocenters. The lowest BCUT2D eigenvalue weighted by atomic mass is 10.0. The SMILES string of the molecule is CCCCCCCCCCCCCCCCC(O)C(CO)NC(=O)CCCCCCCCCCCCCC/C=C\CCCCCCCCCCCCCCOC(=O)CCCCCCCCCCCCC. The number of carbonyl (C=O) groups excluding carboxylic acids is 2. The third-order valence-electron chi connectivity index (χ3n) is 15.1. The highest BCUT2D eigenvalue weighted by Crippen LogP contribution is 2.18. The Morgan fingerprint density at radius 1 is 0.386 bits per heavy atom. The topological polar surface area (TPSA) is 95.9 Å². The van der Waals surface area contributed by atoms with Gasteiger partial charge in [-0.3, -0.25) is 9.59 Å². The van der Waals surface area contributed by atoms with Crippen LogP contribution >= 0.6 is 0 Å². The number of esters is 1. The summed E-state index contributed by atoms with van der Waals surface area (Å²) in [6.07, 6.45) is 72.4. The van der Waals surface area contributed by atoms with Gasteiger partial charge in [0.05, 0.1) is 25.4 Å². The zero-order valence-corrected chi connectivity index (χ0v) is 47.5. The maximum Gasteiger partial charge on any atom is 0.305 e. The molecule has 0 saturated carbocycles. The molecule has 70 heavy (non-hydrogen) atoms. The molecule has 6 nitrogen and oxygen atoms in total. The molecule has 0 bridgehead atoms. The number of nitrogens with one attached hydrogen (secondary N) is 1. The Morgan fingerprint density at radius 2 is 0.671 bits per heavy atom. The van der Waals surface area contributed by atoms with Crippen LogP contribution < -0.4 is 5.32 Å². The summed E-state index contributed by atoms with van der Waals surface area (Å²) >= 11 is 0. The highest BCUT2D eigenvalue weighted by atomic mass is 16.5. The molecule has 0 heterocycles. The molecule has 0 rings (SSSR count). The fourth-order valence-corrected chi connectivity index (χ4v) is 10.2. The number of hydrogen-bond donors (Lipinski definition) is 3. The van der Waals surface area contributed by atoms with Gasteiger partial charge in [0.2, 0.25) is 5.91 Å². The fraction of sp³-hybridized carbons (Fsp3) is 0.938. The zero-order valence-electron chi connectivity index (χ0n) is 47.5. The first-order valence-corrected chi connectivity index (χ1v) is 31.9. The first-order valence-electron chi connectivity index (χ1n) is 31.9. The minimum Gasteiger partial charge on any atom is -0.466 e. The van der Waals surface area contributed by atoms with Gasteiger partial charge in [-0.1, -0.05) is 309 Å². The lowest BCUT2D eigenvalue weighted by molar-refractivity contribution is -0.143. The van der Waals surface area contributed by atoms with Gasteiger partial charge in [0, 0.05) is 12.8 Å². The number of aliphatic hydroxyl groups excluding tert-OH is 2. The van der Waals surface area contributed by atoms with Crippen LogP contribution in [-0.4, -0.2) is 47.4 Å². The third kappa shape index (κ3) is 55.9. The molecule has 0 aromatic carbocycles. The third-order valence-corrected chi connectivity index (χ3v) is 15.1. The van der Waals surface area contributed by atoms with E-state index in [1.807, 2.05) is 0 Å². The van der Waals surface area contributed by atoms with E-state index >= 15 is 0 Å². The molecule has 0 aromatic rings. The van der Waals surface area contributed by atoms with Crippen LogP contribution in [0.4, 0.5) is 0 Å². The van der Waals surface area contributed by atoms with Crippen LogP contribution in [0.5, 0.6) is 0 Å². The van der Waals surface area contributed by atoms with Gasteiger partial charge in [-0.05, 0) is 51.4 Å². The summed E-state index contributed by atoms with van der Waals surface area (Å²) in [6.45, 7) is 4.97. The van der Waals surface area contributed by atoms with Gasteiger partial charge in [-0.2, -0.15) is 0 Å². The average Bonchev–Trinajstić information content (AvgIpc) is 3.36. The standard InChI is InChI=1S/C64H125NO5/c1-3-5-7-9-11-13-15-16-33-37-40-44-48-52-56-62(67)61(60-66)65-63(68)57-53-49-45-41-38-34-31-29-27-25-23-21-19-17-18-20-22-24-26-28-30-32-35-39-43-47-51-55-59-70-64(69)58-54-50-46-42-36-14-12-10-8-6-4-2/h17-18,61-62,66-67H,3-16,19-60H2,1-2H3,(H,65,68)/b18-17-. The Kier molecular flexibility index (Phi) is 59.0. The van der Waals surface area contributed by atoms with Crippen molar-refractivity contribution in [3.8, 4) is 0 Å². The summed E-state index contributed by atoms with van der Waals surface area (Å²) in [4.78, 5) is 24.5. The predicted octanol–water partition coefficient (Wildman–Crippen LogP) is 20.0. The number of rotatable bonds is 60. The fourth-order valence-electron chi connectivity index (χ4n) is 10.2. The lowest BCUT2D eigenvalue weighted by Gasteiger charge is -2.22. The Hall–Kier alpha value is -1.40. The van der Waals surface area contributed by atoms with Gasteiger partial charge >= 0.3 is 5.97 Å². The summed E-state index contributed by atoms with van der Waals surface area (Å²) in [5.74, 6) is -0.0165. The van der Waals surface area contributed by atoms with Crippen molar-refractivity contribution in [1.82, 2.24) is 5.32 Å². The number of carbonyl (C=O) groups is 2. The van der Waals surface area contributed by atoms with Gasteiger partial charge in [0.15, 0.2) is 0 Å². The van der Waals surface area contributed by atoms with E-state index in [4.69, 9.17) is 4.74 Å². The van der Waals surface area contributed by atoms with E-state index in [2.05, 4.69) is 31.3 Å². The first-order chi connectivity index (χ1) is 34.5. The molecule has 0 aliphatic carbocycles. The van der Waals surface area contributed by atoms with Crippen LogP contribution in [-0.2, 0) is 14.3 Å². The van der Waals surface area contributed by atoms with E-state index in [0.29, 0.717) is 25.9 Å². The summed E-state index contributed by atoms with van der Waals surface area (Å²) < 4.78 is 5.47. The number of amides is 1. The van der Waals surface area contributed by atoms with Crippen molar-refractivity contribution >= 4 is 11.9 Å². The van der Waals surface area contributed by atoms with Crippen LogP contribution in [0.3, 0.4) is 0 Å². The molecule has 416 valence electrons. The normalized spacial score (nSPS) is 12.6. The number of ether oxygens (including phenoxy) is 1. The van der Waals surface area contributed by atoms with E-state index in [-0.39, 0.29) is 18.5 Å². The van der Waals surface area contributed by atoms with E-state index in [9.17, 15) is 19.8 Å². The van der Waals surface area contributed by atoms with Gasteiger partial charge in [-0.15, -0.1) is 0 Å². The highest BCUT2D eigenvalue weighted by molar-refractivity contribution is 5.76. The molecule has 2 atom stereocenters. The molecule has 1 amide bonds. The van der Waals surface area contributed by atoms with Crippen LogP contribution in [0.15, 0.2) is 12.2 Å². The second-order valence-corrected chi connectivity index (χ2v) is 22.1. The Morgan fingerprint density at radius 3 is 1.01 bits per heavy atom. The largest absolute Gasteiger partial charge is 0.466 e. The number of hydrogen-bond acceptors (Lipinski definition) is 5. The van der Waals surface area contributed by atoms with Crippen LogP contribution in [0.2, 0.25) is 0 Å². The molecule has 0 saturated heterocycles. The Balaban J connectivity index is 3.36. The molecular weight excluding hydrogens is 863 g/mol. The van der Waals surface area contributed by atoms with Crippen LogP contribution in [0.1, 0.15) is 361 Å². The molecule has 0 fully saturated rings. The molecule has 0 aliphatic rings. The molecule has 6 heteroatoms. The number of unbranched alkanes of at least 4 members (excludes halogenated alkanes) is 47. The van der Waals surface area contributed by atoms with Crippen molar-refractivity contribution in [1.29, 1.82) is 0 Å². The molecule has 0 spiro atoms. The van der Waals surface area contributed by atoms with Crippen LogP contribution in [0, 0.1) is 0 Å². The van der Waals surface area contributed by atoms with Gasteiger partial charge in [0.25, 0.3) is 0 Å². The van der Waals surface area contributed by atoms with Crippen molar-refractivity contribution < 1.29 is 24.5 Å². The molecule has 0 aromatic heterocycles. The summed E-state index contributed by atoms with van der Waals surface area (Å²) in [7, 11) is 0. The maximum absolute atomic E-state index is 12.5. The highest BCUT2D eigenvalue weighted by Gasteiger charge is 2.20. The summed E-state index contributed by atoms with van der Waals surface area (Å²) in [5, 5.41) is 23.3. The maximum atomic E-state index is 12.5. The summed E-state index contributed by atoms with van der Waals surface area (Å²) in [5.41, 5.74) is 0. The number of allylic oxidation sites excluding steroid dienone is 2. The van der Waals surface area contributed by atoms with Crippen LogP contribution in [0.25, 0.3) is 0 Å². The Labute approximate surface area is 438 Å². The monoisotopic (exact) mass is 988 g/mol. The van der Waals surface area contributed by atoms with E-state index in [0.717, 1.165) is 38.5 Å².